The molecule has 0 bridgehead atoms. The Morgan fingerprint density at radius 3 is 2.13 bits per heavy atom. The number of urea groups is 1. The van der Waals surface area contributed by atoms with Crippen LogP contribution in [-0.4, -0.2) is 34.8 Å². The minimum absolute atomic E-state index is 0.0563. The lowest BCUT2D eigenvalue weighted by molar-refractivity contribution is -0.137. The number of benzene rings is 3. The van der Waals surface area contributed by atoms with Crippen LogP contribution in [0.1, 0.15) is 72.3 Å². The third-order valence-electron chi connectivity index (χ3n) is 6.98. The highest BCUT2D eigenvalue weighted by atomic mass is 16.5. The van der Waals surface area contributed by atoms with Crippen LogP contribution in [0, 0.1) is 0 Å². The molecule has 3 N–H and O–H groups in total. The van der Waals surface area contributed by atoms with Gasteiger partial charge in [-0.25, -0.2) is 9.59 Å². The van der Waals surface area contributed by atoms with E-state index in [2.05, 4.69) is 17.4 Å². The van der Waals surface area contributed by atoms with Crippen molar-refractivity contribution in [3.8, 4) is 5.75 Å². The van der Waals surface area contributed by atoms with Crippen LogP contribution in [-0.2, 0) is 11.3 Å². The average molecular weight is 531 g/mol. The molecule has 2 amide bonds. The van der Waals surface area contributed by atoms with E-state index in [0.717, 1.165) is 11.3 Å². The Labute approximate surface area is 228 Å². The Morgan fingerprint density at radius 1 is 0.846 bits per heavy atom. The van der Waals surface area contributed by atoms with Gasteiger partial charge in [-0.05, 0) is 84.8 Å². The first-order chi connectivity index (χ1) is 18.9. The fourth-order valence-electron chi connectivity index (χ4n) is 4.82. The number of nitrogens with one attached hydrogen (secondary N) is 1. The number of aliphatic carboxylic acids is 1. The van der Waals surface area contributed by atoms with Crippen molar-refractivity contribution in [2.24, 2.45) is 0 Å². The summed E-state index contributed by atoms with van der Waals surface area (Å²) in [5.41, 5.74) is 3.59. The van der Waals surface area contributed by atoms with E-state index in [0.29, 0.717) is 36.9 Å². The van der Waals surface area contributed by atoms with Crippen LogP contribution in [0.2, 0.25) is 0 Å². The molecule has 1 aliphatic rings. The predicted molar refractivity (Wildman–Crippen MR) is 150 cm³/mol. The average Bonchev–Trinajstić information content (AvgIpc) is 2.95. The van der Waals surface area contributed by atoms with Crippen LogP contribution < -0.4 is 15.0 Å². The highest BCUT2D eigenvalue weighted by Crippen LogP contribution is 2.33. The summed E-state index contributed by atoms with van der Waals surface area (Å²) in [6, 6.07) is 21.3. The molecule has 0 unspecified atom stereocenters. The highest BCUT2D eigenvalue weighted by molar-refractivity contribution is 6.02. The summed E-state index contributed by atoms with van der Waals surface area (Å²) in [4.78, 5) is 36.9. The number of carbonyl (C=O) groups excluding carboxylic acids is 1. The van der Waals surface area contributed by atoms with Crippen molar-refractivity contribution in [2.45, 2.75) is 57.4 Å². The van der Waals surface area contributed by atoms with Crippen molar-refractivity contribution in [3.63, 3.8) is 0 Å². The van der Waals surface area contributed by atoms with Gasteiger partial charge in [0.2, 0.25) is 0 Å². The number of hydrogen-bond acceptors (Lipinski definition) is 4. The van der Waals surface area contributed by atoms with E-state index in [4.69, 9.17) is 14.9 Å². The molecule has 4 rings (SSSR count). The molecule has 39 heavy (non-hydrogen) atoms. The minimum Gasteiger partial charge on any atom is -0.494 e. The van der Waals surface area contributed by atoms with Gasteiger partial charge in [0.05, 0.1) is 18.7 Å². The smallest absolute Gasteiger partial charge is 0.335 e. The summed E-state index contributed by atoms with van der Waals surface area (Å²) < 4.78 is 5.63. The Balaban J connectivity index is 1.49. The standard InChI is InChI=1S/C31H34N2O6/c34-29(35)7-4-20-39-28-18-8-22(9-19-28)21-33(31(38)32-26-14-10-25(11-15-26)30(36)37)27-16-12-24(13-17-27)23-5-2-1-3-6-23/h8-19,23H,1-7,20-21H2,(H,32,38)(H,34,35)(H,36,37). The molecule has 0 atom stereocenters. The van der Waals surface area contributed by atoms with E-state index in [-0.39, 0.29) is 18.0 Å². The van der Waals surface area contributed by atoms with Crippen LogP contribution in [0.25, 0.3) is 0 Å². The number of rotatable bonds is 11. The first kappa shape index (κ1) is 27.7. The topological polar surface area (TPSA) is 116 Å². The molecule has 0 spiro atoms. The van der Waals surface area contributed by atoms with Crippen LogP contribution >= 0.6 is 0 Å². The second kappa shape index (κ2) is 13.5. The van der Waals surface area contributed by atoms with Gasteiger partial charge in [-0.1, -0.05) is 43.5 Å². The summed E-state index contributed by atoms with van der Waals surface area (Å²) >= 11 is 0. The third-order valence-corrected chi connectivity index (χ3v) is 6.98. The normalized spacial score (nSPS) is 13.4. The Bertz CT molecular complexity index is 1250. The van der Waals surface area contributed by atoms with E-state index < -0.39 is 11.9 Å². The molecular weight excluding hydrogens is 496 g/mol. The van der Waals surface area contributed by atoms with Crippen molar-refractivity contribution in [1.82, 2.24) is 0 Å². The maximum Gasteiger partial charge on any atom is 0.335 e. The van der Waals surface area contributed by atoms with E-state index in [1.807, 2.05) is 36.4 Å². The molecule has 0 radical (unpaired) electrons. The molecule has 8 heteroatoms. The van der Waals surface area contributed by atoms with Crippen LogP contribution in [0.15, 0.2) is 72.8 Å². The molecule has 0 aromatic heterocycles. The van der Waals surface area contributed by atoms with E-state index in [1.165, 1.54) is 49.8 Å². The fraction of sp³-hybridized carbons (Fsp3) is 0.323. The number of nitrogens with zero attached hydrogens (tertiary/aromatic N) is 1. The number of hydrogen-bond donors (Lipinski definition) is 3. The van der Waals surface area contributed by atoms with Gasteiger partial charge in [0.1, 0.15) is 5.75 Å². The quantitative estimate of drug-likeness (QED) is 0.232. The zero-order valence-corrected chi connectivity index (χ0v) is 21.8. The van der Waals surface area contributed by atoms with Gasteiger partial charge in [0.15, 0.2) is 0 Å². The monoisotopic (exact) mass is 530 g/mol. The van der Waals surface area contributed by atoms with Crippen molar-refractivity contribution in [3.05, 3.63) is 89.5 Å². The lowest BCUT2D eigenvalue weighted by Crippen LogP contribution is -2.34. The molecule has 204 valence electrons. The number of anilines is 2. The SMILES string of the molecule is O=C(O)CCCOc1ccc(CN(C(=O)Nc2ccc(C(=O)O)cc2)c2ccc(C3CCCCC3)cc2)cc1. The van der Waals surface area contributed by atoms with Crippen molar-refractivity contribution < 1.29 is 29.3 Å². The van der Waals surface area contributed by atoms with Crippen LogP contribution in [0.5, 0.6) is 5.75 Å². The number of aromatic carboxylic acids is 1. The van der Waals surface area contributed by atoms with Gasteiger partial charge in [-0.15, -0.1) is 0 Å². The summed E-state index contributed by atoms with van der Waals surface area (Å²) in [5.74, 6) is -0.680. The summed E-state index contributed by atoms with van der Waals surface area (Å²) in [6.45, 7) is 0.620. The van der Waals surface area contributed by atoms with Gasteiger partial charge in [0.25, 0.3) is 0 Å². The molecular formula is C31H34N2O6. The molecule has 1 fully saturated rings. The second-order valence-electron chi connectivity index (χ2n) is 9.81. The van der Waals surface area contributed by atoms with Gasteiger partial charge in [0, 0.05) is 17.8 Å². The fourth-order valence-corrected chi connectivity index (χ4v) is 4.82. The number of carboxylic acids is 2. The zero-order chi connectivity index (χ0) is 27.6. The molecule has 1 aliphatic carbocycles. The lowest BCUT2D eigenvalue weighted by atomic mass is 9.84. The maximum absolute atomic E-state index is 13.4. The van der Waals surface area contributed by atoms with Crippen molar-refractivity contribution in [1.29, 1.82) is 0 Å². The summed E-state index contributed by atoms with van der Waals surface area (Å²) in [7, 11) is 0. The Morgan fingerprint density at radius 2 is 1.51 bits per heavy atom. The van der Waals surface area contributed by atoms with Crippen LogP contribution in [0.3, 0.4) is 0 Å². The molecule has 0 aliphatic heterocycles. The zero-order valence-electron chi connectivity index (χ0n) is 21.8. The van der Waals surface area contributed by atoms with E-state index >= 15 is 0 Å². The molecule has 3 aromatic rings. The molecule has 1 saturated carbocycles. The first-order valence-corrected chi connectivity index (χ1v) is 13.3. The summed E-state index contributed by atoms with van der Waals surface area (Å²) in [6.07, 6.45) is 6.67. The van der Waals surface area contributed by atoms with E-state index in [9.17, 15) is 14.4 Å². The van der Waals surface area contributed by atoms with Gasteiger partial charge in [-0.2, -0.15) is 0 Å². The van der Waals surface area contributed by atoms with E-state index in [1.54, 1.807) is 17.0 Å². The largest absolute Gasteiger partial charge is 0.494 e. The Kier molecular flexibility index (Phi) is 9.56. The molecule has 8 nitrogen and oxygen atoms in total. The number of amides is 2. The van der Waals surface area contributed by atoms with Gasteiger partial charge >= 0.3 is 18.0 Å². The number of carboxylic acid groups (broad SMARTS) is 2. The molecule has 0 heterocycles. The summed E-state index contributed by atoms with van der Waals surface area (Å²) in [5, 5.41) is 20.8. The molecule has 0 saturated heterocycles. The van der Waals surface area contributed by atoms with Gasteiger partial charge < -0.3 is 20.3 Å². The maximum atomic E-state index is 13.4. The van der Waals surface area contributed by atoms with Gasteiger partial charge in [-0.3, -0.25) is 9.69 Å². The van der Waals surface area contributed by atoms with Crippen molar-refractivity contribution in [2.75, 3.05) is 16.8 Å². The molecule has 3 aromatic carbocycles. The van der Waals surface area contributed by atoms with Crippen molar-refractivity contribution >= 4 is 29.3 Å². The first-order valence-electron chi connectivity index (χ1n) is 13.3. The Hall–Kier alpha value is -4.33. The third kappa shape index (κ3) is 8.07. The predicted octanol–water partition coefficient (Wildman–Crippen LogP) is 6.91. The second-order valence-corrected chi connectivity index (χ2v) is 9.81. The minimum atomic E-state index is -1.03. The number of ether oxygens (including phenoxy) is 1. The lowest BCUT2D eigenvalue weighted by Gasteiger charge is -2.26. The van der Waals surface area contributed by atoms with Crippen LogP contribution in [0.4, 0.5) is 16.2 Å². The number of carbonyl (C=O) groups is 3. The highest BCUT2D eigenvalue weighted by Gasteiger charge is 2.19.